The molecule has 1 heterocycles. The first kappa shape index (κ1) is 16.9. The third-order valence-electron chi connectivity index (χ3n) is 4.35. The molecule has 5 heteroatoms. The topological polar surface area (TPSA) is 61.2 Å². The first-order chi connectivity index (χ1) is 12.0. The number of aryl methyl sites for hydroxylation is 3. The fourth-order valence-corrected chi connectivity index (χ4v) is 3.15. The number of fused-ring (bicyclic) bond motifs is 1. The first-order valence-electron chi connectivity index (χ1n) is 8.20. The maximum absolute atomic E-state index is 13.1. The SMILES string of the molecule is CCOC(=O)c1c(C)cc2ncn(-c3ccccc3C)c(=O)c2c1C. The van der Waals surface area contributed by atoms with E-state index in [4.69, 9.17) is 4.74 Å². The van der Waals surface area contributed by atoms with Crippen LogP contribution < -0.4 is 5.56 Å². The number of rotatable bonds is 3. The third-order valence-corrected chi connectivity index (χ3v) is 4.35. The first-order valence-corrected chi connectivity index (χ1v) is 8.20. The largest absolute Gasteiger partial charge is 0.462 e. The Bertz CT molecular complexity index is 1040. The summed E-state index contributed by atoms with van der Waals surface area (Å²) < 4.78 is 6.67. The molecule has 0 atom stereocenters. The molecule has 3 rings (SSSR count). The lowest BCUT2D eigenvalue weighted by atomic mass is 9.98. The van der Waals surface area contributed by atoms with E-state index in [0.29, 0.717) is 22.0 Å². The van der Waals surface area contributed by atoms with Crippen LogP contribution in [0.3, 0.4) is 0 Å². The average molecular weight is 336 g/mol. The van der Waals surface area contributed by atoms with E-state index in [1.165, 1.54) is 10.9 Å². The van der Waals surface area contributed by atoms with Gasteiger partial charge in [0.2, 0.25) is 0 Å². The molecule has 25 heavy (non-hydrogen) atoms. The van der Waals surface area contributed by atoms with Gasteiger partial charge in [0, 0.05) is 0 Å². The number of para-hydroxylation sites is 1. The Morgan fingerprint density at radius 3 is 2.56 bits per heavy atom. The summed E-state index contributed by atoms with van der Waals surface area (Å²) in [6.45, 7) is 7.59. The number of hydrogen-bond donors (Lipinski definition) is 0. The van der Waals surface area contributed by atoms with Gasteiger partial charge in [0.05, 0.1) is 28.8 Å². The Hall–Kier alpha value is -2.95. The molecule has 1 aromatic heterocycles. The molecule has 0 N–H and O–H groups in total. The van der Waals surface area contributed by atoms with Gasteiger partial charge in [-0.3, -0.25) is 9.36 Å². The third kappa shape index (κ3) is 2.82. The van der Waals surface area contributed by atoms with Gasteiger partial charge < -0.3 is 4.74 Å². The van der Waals surface area contributed by atoms with E-state index in [9.17, 15) is 9.59 Å². The summed E-state index contributed by atoms with van der Waals surface area (Å²) in [6, 6.07) is 9.38. The molecule has 0 aliphatic rings. The van der Waals surface area contributed by atoms with Crippen LogP contribution >= 0.6 is 0 Å². The van der Waals surface area contributed by atoms with Crippen LogP contribution in [0.4, 0.5) is 0 Å². The van der Waals surface area contributed by atoms with Crippen molar-refractivity contribution in [2.45, 2.75) is 27.7 Å². The molecule has 0 unspecified atom stereocenters. The normalized spacial score (nSPS) is 10.9. The van der Waals surface area contributed by atoms with Gasteiger partial charge in [0.15, 0.2) is 0 Å². The summed E-state index contributed by atoms with van der Waals surface area (Å²) in [4.78, 5) is 29.9. The summed E-state index contributed by atoms with van der Waals surface area (Å²) in [7, 11) is 0. The average Bonchev–Trinajstić information content (AvgIpc) is 2.56. The minimum absolute atomic E-state index is 0.192. The molecule has 0 radical (unpaired) electrons. The van der Waals surface area contributed by atoms with Gasteiger partial charge in [0.1, 0.15) is 6.33 Å². The molecule has 0 saturated heterocycles. The Morgan fingerprint density at radius 2 is 1.88 bits per heavy atom. The number of ether oxygens (including phenoxy) is 1. The summed E-state index contributed by atoms with van der Waals surface area (Å²) in [5.41, 5.74) is 3.94. The van der Waals surface area contributed by atoms with Gasteiger partial charge in [-0.2, -0.15) is 0 Å². The van der Waals surface area contributed by atoms with Gasteiger partial charge in [-0.25, -0.2) is 9.78 Å². The van der Waals surface area contributed by atoms with E-state index >= 15 is 0 Å². The van der Waals surface area contributed by atoms with Crippen LogP contribution in [-0.4, -0.2) is 22.1 Å². The van der Waals surface area contributed by atoms with Crippen LogP contribution in [0.25, 0.3) is 16.6 Å². The van der Waals surface area contributed by atoms with E-state index in [2.05, 4.69) is 4.98 Å². The number of carbonyl (C=O) groups excluding carboxylic acids is 1. The minimum Gasteiger partial charge on any atom is -0.462 e. The second kappa shape index (κ2) is 6.51. The second-order valence-corrected chi connectivity index (χ2v) is 6.01. The molecule has 0 aliphatic heterocycles. The molecular weight excluding hydrogens is 316 g/mol. The zero-order valence-electron chi connectivity index (χ0n) is 14.8. The van der Waals surface area contributed by atoms with Crippen LogP contribution in [0.1, 0.15) is 34.0 Å². The number of nitrogens with zero attached hydrogens (tertiary/aromatic N) is 2. The summed E-state index contributed by atoms with van der Waals surface area (Å²) in [5, 5.41) is 0.444. The highest BCUT2D eigenvalue weighted by atomic mass is 16.5. The molecule has 0 saturated carbocycles. The highest BCUT2D eigenvalue weighted by Crippen LogP contribution is 2.23. The van der Waals surface area contributed by atoms with Crippen LogP contribution in [0, 0.1) is 20.8 Å². The number of hydrogen-bond acceptors (Lipinski definition) is 4. The fraction of sp³-hybridized carbons (Fsp3) is 0.250. The van der Waals surface area contributed by atoms with Gasteiger partial charge in [-0.1, -0.05) is 18.2 Å². The van der Waals surface area contributed by atoms with Crippen molar-refractivity contribution in [3.8, 4) is 5.69 Å². The van der Waals surface area contributed by atoms with Gasteiger partial charge in [0.25, 0.3) is 5.56 Å². The Morgan fingerprint density at radius 1 is 1.16 bits per heavy atom. The van der Waals surface area contributed by atoms with Gasteiger partial charge in [-0.05, 0) is 56.5 Å². The smallest absolute Gasteiger partial charge is 0.338 e. The van der Waals surface area contributed by atoms with Crippen molar-refractivity contribution in [1.82, 2.24) is 9.55 Å². The maximum atomic E-state index is 13.1. The Balaban J connectivity index is 2.34. The molecule has 0 aliphatic carbocycles. The van der Waals surface area contributed by atoms with Gasteiger partial charge in [-0.15, -0.1) is 0 Å². The fourth-order valence-electron chi connectivity index (χ4n) is 3.15. The highest BCUT2D eigenvalue weighted by molar-refractivity contribution is 5.99. The van der Waals surface area contributed by atoms with Crippen molar-refractivity contribution >= 4 is 16.9 Å². The lowest BCUT2D eigenvalue weighted by Crippen LogP contribution is -2.22. The number of carbonyl (C=O) groups is 1. The molecule has 0 amide bonds. The molecule has 2 aromatic carbocycles. The van der Waals surface area contributed by atoms with Gasteiger partial charge >= 0.3 is 5.97 Å². The van der Waals surface area contributed by atoms with E-state index in [1.807, 2.05) is 38.1 Å². The van der Waals surface area contributed by atoms with Crippen molar-refractivity contribution in [2.24, 2.45) is 0 Å². The van der Waals surface area contributed by atoms with E-state index in [-0.39, 0.29) is 12.2 Å². The quantitative estimate of drug-likeness (QED) is 0.687. The molecule has 128 valence electrons. The lowest BCUT2D eigenvalue weighted by molar-refractivity contribution is 0.0525. The summed E-state index contributed by atoms with van der Waals surface area (Å²) in [5.74, 6) is -0.412. The van der Waals surface area contributed by atoms with E-state index in [1.54, 1.807) is 19.9 Å². The molecule has 3 aromatic rings. The second-order valence-electron chi connectivity index (χ2n) is 6.01. The Labute approximate surface area is 145 Å². The van der Waals surface area contributed by atoms with E-state index in [0.717, 1.165) is 16.8 Å². The van der Waals surface area contributed by atoms with Crippen molar-refractivity contribution < 1.29 is 9.53 Å². The van der Waals surface area contributed by atoms with Crippen LogP contribution in [0.15, 0.2) is 41.5 Å². The van der Waals surface area contributed by atoms with Crippen molar-refractivity contribution in [1.29, 1.82) is 0 Å². The lowest BCUT2D eigenvalue weighted by Gasteiger charge is -2.14. The van der Waals surface area contributed by atoms with Crippen LogP contribution in [0.5, 0.6) is 0 Å². The van der Waals surface area contributed by atoms with Crippen LogP contribution in [0.2, 0.25) is 0 Å². The standard InChI is InChI=1S/C20H20N2O3/c1-5-25-20(24)17-13(3)10-15-18(14(17)4)19(23)22(11-21-15)16-9-7-6-8-12(16)2/h6-11H,5H2,1-4H3. The van der Waals surface area contributed by atoms with Crippen molar-refractivity contribution in [3.05, 3.63) is 69.3 Å². The number of esters is 1. The Kier molecular flexibility index (Phi) is 4.40. The van der Waals surface area contributed by atoms with Crippen LogP contribution in [-0.2, 0) is 4.74 Å². The highest BCUT2D eigenvalue weighted by Gasteiger charge is 2.19. The molecule has 0 bridgehead atoms. The maximum Gasteiger partial charge on any atom is 0.338 e. The number of aromatic nitrogens is 2. The summed E-state index contributed by atoms with van der Waals surface area (Å²) in [6.07, 6.45) is 1.54. The predicted octanol–water partition coefficient (Wildman–Crippen LogP) is 3.49. The minimum atomic E-state index is -0.412. The zero-order chi connectivity index (χ0) is 18.1. The summed E-state index contributed by atoms with van der Waals surface area (Å²) >= 11 is 0. The van der Waals surface area contributed by atoms with Crippen molar-refractivity contribution in [3.63, 3.8) is 0 Å². The molecule has 5 nitrogen and oxygen atoms in total. The predicted molar refractivity (Wildman–Crippen MR) is 97.5 cm³/mol. The molecular formula is C20H20N2O3. The molecule has 0 fully saturated rings. The monoisotopic (exact) mass is 336 g/mol. The van der Waals surface area contributed by atoms with E-state index < -0.39 is 5.97 Å². The zero-order valence-corrected chi connectivity index (χ0v) is 14.8. The number of benzene rings is 2. The molecule has 0 spiro atoms. The van der Waals surface area contributed by atoms with Crippen molar-refractivity contribution in [2.75, 3.05) is 6.61 Å².